The zero-order chi connectivity index (χ0) is 23.0. The van der Waals surface area contributed by atoms with E-state index in [0.29, 0.717) is 0 Å². The SMILES string of the molecule is CCOC(=O)c1c(-c2ccc(F)cc2)oc2ccc(OS(=O)(=O)C(F)(F)F)c(N=O)c12. The summed E-state index contributed by atoms with van der Waals surface area (Å²) in [5.41, 5.74) is -7.16. The van der Waals surface area contributed by atoms with Gasteiger partial charge in [0.15, 0.2) is 11.4 Å². The first-order chi connectivity index (χ1) is 14.5. The van der Waals surface area contributed by atoms with E-state index < -0.39 is 49.8 Å². The predicted octanol–water partition coefficient (Wildman–Crippen LogP) is 5.04. The first kappa shape index (κ1) is 22.2. The van der Waals surface area contributed by atoms with Gasteiger partial charge in [0.2, 0.25) is 0 Å². The van der Waals surface area contributed by atoms with E-state index in [0.717, 1.165) is 24.3 Å². The molecular formula is C18H11F4NO7S. The molecule has 0 N–H and O–H groups in total. The van der Waals surface area contributed by atoms with Crippen LogP contribution in [0.15, 0.2) is 46.0 Å². The summed E-state index contributed by atoms with van der Waals surface area (Å²) in [5.74, 6) is -2.91. The molecule has 13 heteroatoms. The molecule has 0 spiro atoms. The van der Waals surface area contributed by atoms with Crippen LogP contribution in [0.4, 0.5) is 23.2 Å². The number of alkyl halides is 3. The van der Waals surface area contributed by atoms with Crippen LogP contribution >= 0.6 is 0 Å². The Balaban J connectivity index is 2.32. The van der Waals surface area contributed by atoms with Crippen LogP contribution in [0.2, 0.25) is 0 Å². The zero-order valence-corrected chi connectivity index (χ0v) is 16.2. The molecule has 0 saturated carbocycles. The Hall–Kier alpha value is -3.48. The van der Waals surface area contributed by atoms with E-state index in [-0.39, 0.29) is 23.5 Å². The molecule has 0 aliphatic heterocycles. The first-order valence-corrected chi connectivity index (χ1v) is 9.77. The van der Waals surface area contributed by atoms with E-state index in [2.05, 4.69) is 9.36 Å². The number of hydrogen-bond acceptors (Lipinski definition) is 8. The van der Waals surface area contributed by atoms with Crippen LogP contribution in [0.1, 0.15) is 17.3 Å². The highest BCUT2D eigenvalue weighted by molar-refractivity contribution is 7.88. The molecule has 0 fully saturated rings. The Morgan fingerprint density at radius 3 is 2.32 bits per heavy atom. The van der Waals surface area contributed by atoms with E-state index in [1.54, 1.807) is 0 Å². The van der Waals surface area contributed by atoms with Crippen molar-refractivity contribution in [2.45, 2.75) is 12.4 Å². The molecule has 1 heterocycles. The van der Waals surface area contributed by atoms with Crippen LogP contribution in [0.5, 0.6) is 5.75 Å². The first-order valence-electron chi connectivity index (χ1n) is 8.36. The van der Waals surface area contributed by atoms with Gasteiger partial charge >= 0.3 is 21.6 Å². The predicted molar refractivity (Wildman–Crippen MR) is 98.6 cm³/mol. The number of halogens is 4. The number of hydrogen-bond donors (Lipinski definition) is 0. The molecule has 164 valence electrons. The molecule has 31 heavy (non-hydrogen) atoms. The van der Waals surface area contributed by atoms with Gasteiger partial charge in [0.25, 0.3) is 0 Å². The molecule has 0 saturated heterocycles. The van der Waals surface area contributed by atoms with Gasteiger partial charge in [-0.2, -0.15) is 21.6 Å². The molecular weight excluding hydrogens is 450 g/mol. The van der Waals surface area contributed by atoms with E-state index >= 15 is 0 Å². The van der Waals surface area contributed by atoms with Crippen LogP contribution in [0, 0.1) is 10.7 Å². The molecule has 0 bridgehead atoms. The summed E-state index contributed by atoms with van der Waals surface area (Å²) in [6.07, 6.45) is 0. The molecule has 0 unspecified atom stereocenters. The van der Waals surface area contributed by atoms with Crippen molar-refractivity contribution < 1.29 is 44.1 Å². The zero-order valence-electron chi connectivity index (χ0n) is 15.4. The minimum Gasteiger partial charge on any atom is -0.462 e. The fourth-order valence-corrected chi connectivity index (χ4v) is 3.15. The molecule has 0 atom stereocenters. The molecule has 0 radical (unpaired) electrons. The van der Waals surface area contributed by atoms with Crippen LogP contribution in [0.25, 0.3) is 22.3 Å². The molecule has 0 amide bonds. The summed E-state index contributed by atoms with van der Waals surface area (Å²) in [4.78, 5) is 24.0. The number of esters is 1. The lowest BCUT2D eigenvalue weighted by Gasteiger charge is -2.10. The quantitative estimate of drug-likeness (QED) is 0.166. The normalized spacial score (nSPS) is 12.0. The maximum absolute atomic E-state index is 13.3. The molecule has 2 aromatic carbocycles. The minimum absolute atomic E-state index is 0.114. The van der Waals surface area contributed by atoms with Crippen LogP contribution in [-0.4, -0.2) is 26.5 Å². The van der Waals surface area contributed by atoms with Crippen molar-refractivity contribution >= 4 is 32.7 Å². The molecule has 3 aromatic rings. The van der Waals surface area contributed by atoms with Crippen LogP contribution in [-0.2, 0) is 14.9 Å². The number of carbonyl (C=O) groups excluding carboxylic acids is 1. The fourth-order valence-electron chi connectivity index (χ4n) is 2.68. The Morgan fingerprint density at radius 1 is 1.13 bits per heavy atom. The van der Waals surface area contributed by atoms with Gasteiger partial charge in [0.05, 0.1) is 12.0 Å². The lowest BCUT2D eigenvalue weighted by Crippen LogP contribution is -2.28. The van der Waals surface area contributed by atoms with Crippen molar-refractivity contribution in [1.29, 1.82) is 0 Å². The smallest absolute Gasteiger partial charge is 0.462 e. The average molecular weight is 461 g/mol. The number of furan rings is 1. The van der Waals surface area contributed by atoms with Gasteiger partial charge in [0, 0.05) is 5.56 Å². The maximum atomic E-state index is 13.3. The van der Waals surface area contributed by atoms with Crippen molar-refractivity contribution in [1.82, 2.24) is 0 Å². The van der Waals surface area contributed by atoms with Crippen LogP contribution < -0.4 is 4.18 Å². The Morgan fingerprint density at radius 2 is 1.77 bits per heavy atom. The number of carbonyl (C=O) groups is 1. The average Bonchev–Trinajstić information content (AvgIpc) is 3.07. The third-order valence-corrected chi connectivity index (χ3v) is 4.92. The third kappa shape index (κ3) is 4.08. The summed E-state index contributed by atoms with van der Waals surface area (Å²) < 4.78 is 88.6. The number of nitrogens with zero attached hydrogens (tertiary/aromatic N) is 1. The van der Waals surface area contributed by atoms with Crippen molar-refractivity contribution in [3.8, 4) is 17.1 Å². The number of nitroso groups, excluding NO2 is 1. The molecule has 0 aliphatic rings. The van der Waals surface area contributed by atoms with Crippen LogP contribution in [0.3, 0.4) is 0 Å². The highest BCUT2D eigenvalue weighted by atomic mass is 32.2. The summed E-state index contributed by atoms with van der Waals surface area (Å²) >= 11 is 0. The molecule has 1 aromatic heterocycles. The van der Waals surface area contributed by atoms with Gasteiger partial charge in [0.1, 0.15) is 22.7 Å². The van der Waals surface area contributed by atoms with E-state index in [1.807, 2.05) is 0 Å². The summed E-state index contributed by atoms with van der Waals surface area (Å²) in [7, 11) is -6.13. The second kappa shape index (κ2) is 7.98. The largest absolute Gasteiger partial charge is 0.534 e. The van der Waals surface area contributed by atoms with Gasteiger partial charge in [-0.05, 0) is 48.5 Å². The standard InChI is InChI=1S/C18H11F4NO7S/c1-2-28-17(24)14-13-11(29-16(14)9-3-5-10(19)6-4-9)7-8-12(15(13)23-25)30-31(26,27)18(20,21)22/h3-8H,2H2,1H3. The van der Waals surface area contributed by atoms with Gasteiger partial charge in [-0.15, -0.1) is 4.91 Å². The summed E-state index contributed by atoms with van der Waals surface area (Å²) in [5, 5.41) is 2.13. The lowest BCUT2D eigenvalue weighted by atomic mass is 10.0. The maximum Gasteiger partial charge on any atom is 0.534 e. The lowest BCUT2D eigenvalue weighted by molar-refractivity contribution is -0.0499. The van der Waals surface area contributed by atoms with E-state index in [4.69, 9.17) is 9.15 Å². The fraction of sp³-hybridized carbons (Fsp3) is 0.167. The molecule has 0 aliphatic carbocycles. The summed E-state index contributed by atoms with van der Waals surface area (Å²) in [6, 6.07) is 6.31. The minimum atomic E-state index is -6.13. The number of rotatable bonds is 6. The van der Waals surface area contributed by atoms with Crippen molar-refractivity contribution in [2.24, 2.45) is 5.18 Å². The van der Waals surface area contributed by atoms with E-state index in [9.17, 15) is 35.7 Å². The summed E-state index contributed by atoms with van der Waals surface area (Å²) in [6.45, 7) is 1.36. The molecule has 3 rings (SSSR count). The second-order valence-electron chi connectivity index (χ2n) is 5.89. The van der Waals surface area contributed by atoms with Gasteiger partial charge in [-0.1, -0.05) is 0 Å². The second-order valence-corrected chi connectivity index (χ2v) is 7.43. The highest BCUT2D eigenvalue weighted by Crippen LogP contribution is 2.44. The number of ether oxygens (including phenoxy) is 1. The van der Waals surface area contributed by atoms with Gasteiger partial charge < -0.3 is 13.3 Å². The van der Waals surface area contributed by atoms with Crippen molar-refractivity contribution in [2.75, 3.05) is 6.61 Å². The monoisotopic (exact) mass is 461 g/mol. The third-order valence-electron chi connectivity index (χ3n) is 3.95. The highest BCUT2D eigenvalue weighted by Gasteiger charge is 2.49. The molecule has 8 nitrogen and oxygen atoms in total. The Labute approximate surface area is 171 Å². The Kier molecular flexibility index (Phi) is 5.72. The van der Waals surface area contributed by atoms with Crippen molar-refractivity contribution in [3.63, 3.8) is 0 Å². The number of benzene rings is 2. The van der Waals surface area contributed by atoms with E-state index in [1.165, 1.54) is 19.1 Å². The topological polar surface area (TPSA) is 112 Å². The van der Waals surface area contributed by atoms with Crippen molar-refractivity contribution in [3.05, 3.63) is 52.7 Å². The van der Waals surface area contributed by atoms with Gasteiger partial charge in [-0.3, -0.25) is 0 Å². The number of fused-ring (bicyclic) bond motifs is 1. The Bertz CT molecular complexity index is 1260. The van der Waals surface area contributed by atoms with Gasteiger partial charge in [-0.25, -0.2) is 9.18 Å².